The maximum absolute atomic E-state index is 13.6. The Kier molecular flexibility index (Phi) is 4.96. The number of urea groups is 1. The molecule has 186 valence electrons. The average Bonchev–Trinajstić information content (AvgIpc) is 3.22. The molecular weight excluding hydrogens is 462 g/mol. The first-order valence-electron chi connectivity index (χ1n) is 12.1. The third-order valence-electron chi connectivity index (χ3n) is 7.43. The van der Waals surface area contributed by atoms with Gasteiger partial charge in [-0.15, -0.1) is 0 Å². The van der Waals surface area contributed by atoms with Gasteiger partial charge in [0.25, 0.3) is 5.56 Å². The van der Waals surface area contributed by atoms with Gasteiger partial charge < -0.3 is 24.6 Å². The number of esters is 1. The van der Waals surface area contributed by atoms with Gasteiger partial charge in [0.15, 0.2) is 5.60 Å². The molecule has 0 saturated heterocycles. The summed E-state index contributed by atoms with van der Waals surface area (Å²) in [6.45, 7) is 3.05. The minimum Gasteiger partial charge on any atom is -0.458 e. The summed E-state index contributed by atoms with van der Waals surface area (Å²) in [7, 11) is 3.98. The number of carbonyl (C=O) groups is 2. The number of hydrogen-bond donors (Lipinski definition) is 2. The fraction of sp³-hybridized carbons (Fsp3) is 0.385. The van der Waals surface area contributed by atoms with Gasteiger partial charge in [-0.2, -0.15) is 0 Å². The number of rotatable bonds is 5. The molecule has 10 heteroatoms. The zero-order valence-electron chi connectivity index (χ0n) is 20.4. The minimum absolute atomic E-state index is 0.0775. The number of fused-ring (bicyclic) bond motifs is 5. The van der Waals surface area contributed by atoms with Gasteiger partial charge >= 0.3 is 12.0 Å². The number of hydrogen-bond acceptors (Lipinski definition) is 7. The van der Waals surface area contributed by atoms with Gasteiger partial charge in [0.2, 0.25) is 0 Å². The van der Waals surface area contributed by atoms with Gasteiger partial charge in [-0.05, 0) is 51.7 Å². The molecule has 0 fully saturated rings. The number of aliphatic hydroxyl groups is 1. The molecule has 5 heterocycles. The Labute approximate surface area is 207 Å². The predicted molar refractivity (Wildman–Crippen MR) is 134 cm³/mol. The number of cyclic esters (lactones) is 1. The van der Waals surface area contributed by atoms with Crippen LogP contribution in [0.15, 0.2) is 29.1 Å². The molecule has 0 radical (unpaired) electrons. The lowest BCUT2D eigenvalue weighted by Gasteiger charge is -2.32. The van der Waals surface area contributed by atoms with Gasteiger partial charge in [0.1, 0.15) is 6.61 Å². The van der Waals surface area contributed by atoms with Crippen molar-refractivity contribution in [2.45, 2.75) is 38.5 Å². The second-order valence-electron chi connectivity index (χ2n) is 9.83. The van der Waals surface area contributed by atoms with Crippen molar-refractivity contribution >= 4 is 34.3 Å². The molecule has 0 saturated carbocycles. The lowest BCUT2D eigenvalue weighted by atomic mass is 9.86. The Morgan fingerprint density at radius 3 is 2.78 bits per heavy atom. The largest absolute Gasteiger partial charge is 0.458 e. The van der Waals surface area contributed by atoms with E-state index in [0.717, 1.165) is 29.6 Å². The molecule has 3 aromatic rings. The number of anilines is 2. The van der Waals surface area contributed by atoms with Gasteiger partial charge in [-0.25, -0.2) is 14.6 Å². The molecule has 3 aliphatic rings. The summed E-state index contributed by atoms with van der Waals surface area (Å²) >= 11 is 0. The minimum atomic E-state index is -1.89. The molecule has 0 bridgehead atoms. The van der Waals surface area contributed by atoms with Crippen molar-refractivity contribution in [3.63, 3.8) is 0 Å². The molecule has 0 unspecified atom stereocenters. The monoisotopic (exact) mass is 489 g/mol. The van der Waals surface area contributed by atoms with Crippen molar-refractivity contribution in [3.8, 4) is 11.4 Å². The van der Waals surface area contributed by atoms with E-state index in [1.807, 2.05) is 32.3 Å². The standard InChI is InChI=1S/C26H27N5O5/c1-4-26(35)16-11-19-21-14(12-31(19)23(32)15(16)13-36-24(26)33)22-20-17(27-21)7-5-8-18(20)28-25(34)30(22)10-6-9-29(2)3/h5,7-8,11,35H,4,6,9-10,12-13H2,1-3H3,(H,28,34)/t26-/m0/s1. The summed E-state index contributed by atoms with van der Waals surface area (Å²) in [4.78, 5) is 48.0. The van der Waals surface area contributed by atoms with E-state index >= 15 is 0 Å². The molecule has 2 amide bonds. The van der Waals surface area contributed by atoms with E-state index in [9.17, 15) is 19.5 Å². The zero-order chi connectivity index (χ0) is 25.4. The Bertz CT molecular complexity index is 1530. The lowest BCUT2D eigenvalue weighted by molar-refractivity contribution is -0.172. The first-order valence-corrected chi connectivity index (χ1v) is 12.1. The predicted octanol–water partition coefficient (Wildman–Crippen LogP) is 2.38. The molecule has 0 aliphatic carbocycles. The Morgan fingerprint density at radius 2 is 2.03 bits per heavy atom. The molecule has 1 aromatic carbocycles. The van der Waals surface area contributed by atoms with E-state index in [4.69, 9.17) is 9.72 Å². The number of nitrogens with one attached hydrogen (secondary N) is 1. The molecule has 36 heavy (non-hydrogen) atoms. The Hall–Kier alpha value is -3.76. The van der Waals surface area contributed by atoms with Crippen LogP contribution in [0.25, 0.3) is 22.3 Å². The van der Waals surface area contributed by atoms with Crippen LogP contribution >= 0.6 is 0 Å². The number of nitrogens with zero attached hydrogens (tertiary/aromatic N) is 4. The van der Waals surface area contributed by atoms with Crippen LogP contribution in [-0.4, -0.2) is 58.7 Å². The fourth-order valence-corrected chi connectivity index (χ4v) is 5.55. The molecule has 6 rings (SSSR count). The third kappa shape index (κ3) is 3.04. The van der Waals surface area contributed by atoms with Crippen LogP contribution in [0.4, 0.5) is 16.2 Å². The van der Waals surface area contributed by atoms with Gasteiger partial charge in [-0.3, -0.25) is 9.69 Å². The maximum Gasteiger partial charge on any atom is 0.343 e. The highest BCUT2D eigenvalue weighted by molar-refractivity contribution is 6.19. The molecule has 2 N–H and O–H groups in total. The number of benzene rings is 1. The second-order valence-corrected chi connectivity index (χ2v) is 9.83. The highest BCUT2D eigenvalue weighted by atomic mass is 16.6. The van der Waals surface area contributed by atoms with Crippen LogP contribution < -0.4 is 15.8 Å². The smallest absolute Gasteiger partial charge is 0.343 e. The molecule has 10 nitrogen and oxygen atoms in total. The topological polar surface area (TPSA) is 117 Å². The van der Waals surface area contributed by atoms with Crippen molar-refractivity contribution in [1.82, 2.24) is 14.5 Å². The molecule has 3 aliphatic heterocycles. The third-order valence-corrected chi connectivity index (χ3v) is 7.43. The Morgan fingerprint density at radius 1 is 1.22 bits per heavy atom. The number of pyridine rings is 2. The average molecular weight is 490 g/mol. The van der Waals surface area contributed by atoms with Crippen LogP contribution in [0.2, 0.25) is 0 Å². The molecule has 2 aromatic heterocycles. The van der Waals surface area contributed by atoms with Crippen molar-refractivity contribution < 1.29 is 19.4 Å². The second kappa shape index (κ2) is 7.87. The van der Waals surface area contributed by atoms with E-state index < -0.39 is 11.6 Å². The fourth-order valence-electron chi connectivity index (χ4n) is 5.55. The van der Waals surface area contributed by atoms with Gasteiger partial charge in [-0.1, -0.05) is 13.0 Å². The zero-order valence-corrected chi connectivity index (χ0v) is 20.4. The summed E-state index contributed by atoms with van der Waals surface area (Å²) < 4.78 is 6.78. The number of aromatic nitrogens is 2. The van der Waals surface area contributed by atoms with Crippen molar-refractivity contribution in [3.05, 3.63) is 51.3 Å². The number of carbonyl (C=O) groups excluding carboxylic acids is 2. The summed E-state index contributed by atoms with van der Waals surface area (Å²) in [6.07, 6.45) is 0.847. The van der Waals surface area contributed by atoms with Crippen molar-refractivity contribution in [2.24, 2.45) is 0 Å². The number of amides is 2. The van der Waals surface area contributed by atoms with Crippen LogP contribution in [0.3, 0.4) is 0 Å². The summed E-state index contributed by atoms with van der Waals surface area (Å²) in [5, 5.41) is 15.0. The van der Waals surface area contributed by atoms with Gasteiger partial charge in [0, 0.05) is 23.1 Å². The highest BCUT2D eigenvalue weighted by Gasteiger charge is 2.46. The van der Waals surface area contributed by atoms with Gasteiger partial charge in [0.05, 0.1) is 40.4 Å². The van der Waals surface area contributed by atoms with Crippen LogP contribution in [0.5, 0.6) is 0 Å². The number of ether oxygens (including phenoxy) is 1. The van der Waals surface area contributed by atoms with Crippen molar-refractivity contribution in [2.75, 3.05) is 37.4 Å². The van der Waals surface area contributed by atoms with E-state index in [1.54, 1.807) is 22.5 Å². The van der Waals surface area contributed by atoms with Crippen LogP contribution in [-0.2, 0) is 28.3 Å². The summed E-state index contributed by atoms with van der Waals surface area (Å²) in [5.74, 6) is -0.755. The highest BCUT2D eigenvalue weighted by Crippen LogP contribution is 2.46. The van der Waals surface area contributed by atoms with E-state index in [2.05, 4.69) is 10.2 Å². The molecular formula is C26H27N5O5. The normalized spacial score (nSPS) is 19.8. The summed E-state index contributed by atoms with van der Waals surface area (Å²) in [5.41, 5.74) is 2.37. The quantitative estimate of drug-likeness (QED) is 0.414. The van der Waals surface area contributed by atoms with Crippen LogP contribution in [0, 0.1) is 0 Å². The first-order chi connectivity index (χ1) is 17.2. The summed E-state index contributed by atoms with van der Waals surface area (Å²) in [6, 6.07) is 7.05. The molecule has 0 spiro atoms. The lowest BCUT2D eigenvalue weighted by Crippen LogP contribution is -2.44. The van der Waals surface area contributed by atoms with Crippen LogP contribution in [0.1, 0.15) is 36.5 Å². The van der Waals surface area contributed by atoms with E-state index in [-0.39, 0.29) is 42.3 Å². The SMILES string of the molecule is CC[C@@]1(O)C(=O)OCc2c1cc1n(c2=O)Cc2c-1nc1cccc3c1c2N(CCCN(C)C)C(=O)N3. The Balaban J connectivity index is 1.59. The van der Waals surface area contributed by atoms with E-state index in [1.165, 1.54) is 0 Å². The first kappa shape index (κ1) is 22.7. The molecule has 1 atom stereocenters. The maximum atomic E-state index is 13.6. The van der Waals surface area contributed by atoms with E-state index in [0.29, 0.717) is 29.1 Å². The van der Waals surface area contributed by atoms with Crippen molar-refractivity contribution in [1.29, 1.82) is 0 Å².